The van der Waals surface area contributed by atoms with E-state index in [9.17, 15) is 0 Å². The van der Waals surface area contributed by atoms with E-state index in [4.69, 9.17) is 11.5 Å². The fourth-order valence-corrected chi connectivity index (χ4v) is 2.52. The minimum absolute atomic E-state index is 0.0170. The maximum atomic E-state index is 5.79. The van der Waals surface area contributed by atoms with Crippen LogP contribution in [0.5, 0.6) is 0 Å². The quantitative estimate of drug-likeness (QED) is 0.624. The van der Waals surface area contributed by atoms with Crippen molar-refractivity contribution in [1.82, 2.24) is 0 Å². The highest BCUT2D eigenvalue weighted by Crippen LogP contribution is 2.43. The summed E-state index contributed by atoms with van der Waals surface area (Å²) < 4.78 is 0. The van der Waals surface area contributed by atoms with Gasteiger partial charge in [-0.3, -0.25) is 0 Å². The Morgan fingerprint density at radius 2 is 0.818 bits per heavy atom. The zero-order chi connectivity index (χ0) is 17.0. The minimum atomic E-state index is -0.0170. The van der Waals surface area contributed by atoms with Gasteiger partial charge < -0.3 is 11.5 Å². The topological polar surface area (TPSA) is 52.0 Å². The summed E-state index contributed by atoms with van der Waals surface area (Å²) in [5.41, 5.74) is 15.7. The lowest BCUT2D eigenvalue weighted by Gasteiger charge is -2.43. The monoisotopic (exact) mass is 296 g/mol. The van der Waals surface area contributed by atoms with Crippen LogP contribution in [0.2, 0.25) is 0 Å². The van der Waals surface area contributed by atoms with E-state index >= 15 is 0 Å². The van der Waals surface area contributed by atoms with E-state index in [-0.39, 0.29) is 10.8 Å². The van der Waals surface area contributed by atoms with E-state index in [0.29, 0.717) is 0 Å². The van der Waals surface area contributed by atoms with Crippen LogP contribution >= 0.6 is 0 Å². The zero-order valence-electron chi connectivity index (χ0n) is 14.2. The van der Waals surface area contributed by atoms with Crippen LogP contribution < -0.4 is 11.5 Å². The fourth-order valence-electron chi connectivity index (χ4n) is 2.52. The van der Waals surface area contributed by atoms with Crippen molar-refractivity contribution in [3.05, 3.63) is 72.8 Å². The molecule has 0 fully saturated rings. The van der Waals surface area contributed by atoms with E-state index in [1.54, 1.807) is 0 Å². The van der Waals surface area contributed by atoms with E-state index in [0.717, 1.165) is 11.4 Å². The number of anilines is 2. The summed E-state index contributed by atoms with van der Waals surface area (Å²) in [6.07, 6.45) is 0. The van der Waals surface area contributed by atoms with Crippen LogP contribution in [-0.4, -0.2) is 0 Å². The van der Waals surface area contributed by atoms with Gasteiger partial charge in [0.15, 0.2) is 0 Å². The van der Waals surface area contributed by atoms with Gasteiger partial charge in [0.25, 0.3) is 0 Å². The highest BCUT2D eigenvalue weighted by Gasteiger charge is 2.39. The first-order valence-corrected chi connectivity index (χ1v) is 7.47. The number of nitrogen functional groups attached to an aromatic ring is 2. The first kappa shape index (κ1) is 17.8. The summed E-state index contributed by atoms with van der Waals surface area (Å²) >= 11 is 0. The van der Waals surface area contributed by atoms with Crippen molar-refractivity contribution in [2.45, 2.75) is 38.5 Å². The number of benzene rings is 2. The summed E-state index contributed by atoms with van der Waals surface area (Å²) in [6, 6.07) is 16.4. The normalized spacial score (nSPS) is 11.5. The summed E-state index contributed by atoms with van der Waals surface area (Å²) in [6.45, 7) is 15.1. The maximum Gasteiger partial charge on any atom is 0.0314 e. The predicted molar refractivity (Wildman–Crippen MR) is 99.0 cm³/mol. The molecular formula is C20H28N2. The van der Waals surface area contributed by atoms with Gasteiger partial charge in [0.1, 0.15) is 0 Å². The third-order valence-corrected chi connectivity index (χ3v) is 4.83. The molecule has 118 valence electrons. The van der Waals surface area contributed by atoms with Crippen molar-refractivity contribution in [3.63, 3.8) is 0 Å². The first-order valence-electron chi connectivity index (χ1n) is 7.47. The molecule has 4 N–H and O–H groups in total. The van der Waals surface area contributed by atoms with Crippen molar-refractivity contribution in [3.8, 4) is 0 Å². The molecule has 22 heavy (non-hydrogen) atoms. The zero-order valence-corrected chi connectivity index (χ0v) is 14.2. The van der Waals surface area contributed by atoms with Gasteiger partial charge in [-0.15, -0.1) is 13.2 Å². The molecule has 2 aromatic rings. The average molecular weight is 296 g/mol. The molecule has 2 heteroatoms. The lowest BCUT2D eigenvalue weighted by Crippen LogP contribution is -2.40. The Morgan fingerprint density at radius 1 is 0.591 bits per heavy atom. The Morgan fingerprint density at radius 3 is 1.05 bits per heavy atom. The van der Waals surface area contributed by atoms with Gasteiger partial charge in [0.05, 0.1) is 0 Å². The van der Waals surface area contributed by atoms with Gasteiger partial charge in [-0.05, 0) is 46.2 Å². The smallest absolute Gasteiger partial charge is 0.0314 e. The van der Waals surface area contributed by atoms with Crippen LogP contribution in [-0.2, 0) is 10.8 Å². The molecule has 0 radical (unpaired) electrons. The molecule has 0 aliphatic heterocycles. The second-order valence-corrected chi connectivity index (χ2v) is 6.49. The van der Waals surface area contributed by atoms with Gasteiger partial charge in [-0.2, -0.15) is 0 Å². The average Bonchev–Trinajstić information content (AvgIpc) is 2.50. The number of hydrogen-bond acceptors (Lipinski definition) is 2. The van der Waals surface area contributed by atoms with Gasteiger partial charge in [-0.25, -0.2) is 0 Å². The van der Waals surface area contributed by atoms with Crippen LogP contribution in [0.15, 0.2) is 61.7 Å². The Kier molecular flexibility index (Phi) is 5.43. The van der Waals surface area contributed by atoms with E-state index in [1.807, 2.05) is 24.3 Å². The highest BCUT2D eigenvalue weighted by molar-refractivity contribution is 5.46. The van der Waals surface area contributed by atoms with Gasteiger partial charge in [0, 0.05) is 11.4 Å². The second-order valence-electron chi connectivity index (χ2n) is 6.49. The fraction of sp³-hybridized carbons (Fsp3) is 0.300. The molecule has 0 amide bonds. The Balaban J connectivity index is 0.00000116. The van der Waals surface area contributed by atoms with Gasteiger partial charge >= 0.3 is 0 Å². The van der Waals surface area contributed by atoms with Crippen molar-refractivity contribution in [2.24, 2.45) is 0 Å². The van der Waals surface area contributed by atoms with Crippen LogP contribution in [0.1, 0.15) is 38.8 Å². The molecule has 2 nitrogen and oxygen atoms in total. The Hall–Kier alpha value is -2.22. The molecule has 2 rings (SSSR count). The molecule has 0 unspecified atom stereocenters. The number of rotatable bonds is 3. The first-order chi connectivity index (χ1) is 10.2. The summed E-state index contributed by atoms with van der Waals surface area (Å²) in [5, 5.41) is 0. The molecule has 2 aromatic carbocycles. The molecule has 0 bridgehead atoms. The SMILES string of the molecule is C=C.CC(C)(c1ccc(N)cc1)C(C)(C)c1ccc(N)cc1. The van der Waals surface area contributed by atoms with Gasteiger partial charge in [-0.1, -0.05) is 52.0 Å². The molecule has 0 heterocycles. The van der Waals surface area contributed by atoms with E-state index < -0.39 is 0 Å². The molecule has 0 saturated carbocycles. The van der Waals surface area contributed by atoms with Crippen LogP contribution in [0.3, 0.4) is 0 Å². The van der Waals surface area contributed by atoms with Crippen LogP contribution in [0.4, 0.5) is 11.4 Å². The molecule has 0 saturated heterocycles. The third-order valence-electron chi connectivity index (χ3n) is 4.83. The molecule has 0 aromatic heterocycles. The molecule has 0 atom stereocenters. The van der Waals surface area contributed by atoms with E-state index in [1.165, 1.54) is 11.1 Å². The largest absolute Gasteiger partial charge is 0.399 e. The van der Waals surface area contributed by atoms with E-state index in [2.05, 4.69) is 65.1 Å². The second kappa shape index (κ2) is 6.69. The van der Waals surface area contributed by atoms with Crippen LogP contribution in [0, 0.1) is 0 Å². The third kappa shape index (κ3) is 3.33. The lowest BCUT2D eigenvalue weighted by atomic mass is 9.61. The molecule has 0 aliphatic carbocycles. The highest BCUT2D eigenvalue weighted by atomic mass is 14.5. The predicted octanol–water partition coefficient (Wildman–Crippen LogP) is 4.91. The Labute approximate surface area is 134 Å². The summed E-state index contributed by atoms with van der Waals surface area (Å²) in [4.78, 5) is 0. The van der Waals surface area contributed by atoms with Gasteiger partial charge in [0.2, 0.25) is 0 Å². The summed E-state index contributed by atoms with van der Waals surface area (Å²) in [5.74, 6) is 0. The summed E-state index contributed by atoms with van der Waals surface area (Å²) in [7, 11) is 0. The standard InChI is InChI=1S/C18H24N2.C2H4/c1-17(2,13-5-9-15(19)10-6-13)18(3,4)14-7-11-16(20)12-8-14;1-2/h5-12H,19-20H2,1-4H3;1-2H2. The van der Waals surface area contributed by atoms with Crippen molar-refractivity contribution in [1.29, 1.82) is 0 Å². The molecular weight excluding hydrogens is 268 g/mol. The number of nitrogens with two attached hydrogens (primary N) is 2. The Bertz CT molecular complexity index is 537. The van der Waals surface area contributed by atoms with Crippen molar-refractivity contribution >= 4 is 11.4 Å². The molecule has 0 spiro atoms. The van der Waals surface area contributed by atoms with Crippen LogP contribution in [0.25, 0.3) is 0 Å². The maximum absolute atomic E-state index is 5.79. The number of hydrogen-bond donors (Lipinski definition) is 2. The lowest BCUT2D eigenvalue weighted by molar-refractivity contribution is 0.303. The molecule has 0 aliphatic rings. The minimum Gasteiger partial charge on any atom is -0.399 e. The van der Waals surface area contributed by atoms with Crippen molar-refractivity contribution < 1.29 is 0 Å². The van der Waals surface area contributed by atoms with Crippen molar-refractivity contribution in [2.75, 3.05) is 11.5 Å².